The summed E-state index contributed by atoms with van der Waals surface area (Å²) in [5.41, 5.74) is 0.0950. The maximum absolute atomic E-state index is 15.6. The first kappa shape index (κ1) is 25.9. The lowest BCUT2D eigenvalue weighted by atomic mass is 9.74. The number of ether oxygens (including phenoxy) is 1. The molecular weight excluding hydrogens is 487 g/mol. The summed E-state index contributed by atoms with van der Waals surface area (Å²) in [6.45, 7) is 2.45. The number of hydrogen-bond acceptors (Lipinski definition) is 5. The van der Waals surface area contributed by atoms with Gasteiger partial charge >= 0.3 is 5.97 Å². The number of aromatic nitrogens is 1. The summed E-state index contributed by atoms with van der Waals surface area (Å²) in [6, 6.07) is 9.54. The van der Waals surface area contributed by atoms with Gasteiger partial charge in [0, 0.05) is 22.0 Å². The van der Waals surface area contributed by atoms with Crippen molar-refractivity contribution in [3.05, 3.63) is 57.4 Å². The van der Waals surface area contributed by atoms with Gasteiger partial charge < -0.3 is 14.7 Å². The van der Waals surface area contributed by atoms with Gasteiger partial charge in [-0.15, -0.1) is 11.3 Å². The molecule has 3 aromatic rings. The first-order valence-electron chi connectivity index (χ1n) is 12.2. The zero-order valence-corrected chi connectivity index (χ0v) is 21.6. The first-order valence-corrected chi connectivity index (χ1v) is 13.4. The number of nitrogens with zero attached hydrogens (tertiary/aromatic N) is 2. The number of piperidine rings is 1. The van der Waals surface area contributed by atoms with Crippen molar-refractivity contribution in [2.24, 2.45) is 5.41 Å². The topological polar surface area (TPSA) is 62.7 Å². The third kappa shape index (κ3) is 6.13. The zero-order valence-electron chi connectivity index (χ0n) is 20.0. The van der Waals surface area contributed by atoms with Crippen LogP contribution in [-0.4, -0.2) is 47.7 Å². The number of benzene rings is 1. The molecule has 0 bridgehead atoms. The molecule has 1 fully saturated rings. The smallest absolute Gasteiger partial charge is 0.309 e. The molecule has 0 spiro atoms. The Bertz CT molecular complexity index is 1130. The number of carboxylic acid groups (broad SMARTS) is 1. The van der Waals surface area contributed by atoms with Crippen LogP contribution in [-0.2, 0) is 11.2 Å². The van der Waals surface area contributed by atoms with Crippen LogP contribution < -0.4 is 4.74 Å². The summed E-state index contributed by atoms with van der Waals surface area (Å²) in [6.07, 6.45) is 4.87. The normalized spacial score (nSPS) is 16.9. The number of likely N-dealkylation sites (tertiary alicyclic amines) is 1. The van der Waals surface area contributed by atoms with E-state index in [9.17, 15) is 9.90 Å². The third-order valence-electron chi connectivity index (χ3n) is 7.25. The number of rotatable bonds is 11. The Morgan fingerprint density at radius 1 is 1.31 bits per heavy atom. The van der Waals surface area contributed by atoms with Crippen molar-refractivity contribution < 1.29 is 19.0 Å². The highest BCUT2D eigenvalue weighted by Crippen LogP contribution is 2.42. The summed E-state index contributed by atoms with van der Waals surface area (Å²) < 4.78 is 20.9. The van der Waals surface area contributed by atoms with E-state index in [4.69, 9.17) is 16.3 Å². The summed E-state index contributed by atoms with van der Waals surface area (Å²) in [4.78, 5) is 20.3. The molecule has 0 amide bonds. The van der Waals surface area contributed by atoms with Gasteiger partial charge in [0.15, 0.2) is 0 Å². The number of carbonyl (C=O) groups is 1. The van der Waals surface area contributed by atoms with E-state index in [0.29, 0.717) is 35.1 Å². The van der Waals surface area contributed by atoms with Crippen molar-refractivity contribution in [2.45, 2.75) is 51.1 Å². The number of thiophene rings is 1. The molecule has 1 unspecified atom stereocenters. The second-order valence-corrected chi connectivity index (χ2v) is 10.8. The lowest BCUT2D eigenvalue weighted by molar-refractivity contribution is -0.153. The van der Waals surface area contributed by atoms with E-state index in [1.54, 1.807) is 36.6 Å². The predicted molar refractivity (Wildman–Crippen MR) is 139 cm³/mol. The van der Waals surface area contributed by atoms with Crippen molar-refractivity contribution in [3.8, 4) is 5.75 Å². The summed E-state index contributed by atoms with van der Waals surface area (Å²) >= 11 is 8.15. The van der Waals surface area contributed by atoms with Gasteiger partial charge in [-0.3, -0.25) is 9.78 Å². The van der Waals surface area contributed by atoms with Gasteiger partial charge in [0.05, 0.1) is 23.1 Å². The average molecular weight is 519 g/mol. The van der Waals surface area contributed by atoms with Crippen LogP contribution in [0.2, 0.25) is 5.02 Å². The standard InChI is InChI=1S/C27H32ClFN2O3S/c1-34-19-7-8-24-21(17-19)25(22(28)18-30-24)23(29)9-10-27(26(32)33)11-14-31(15-12-27)13-3-2-5-20-6-4-16-35-20/h4,6-8,16-18,23H,2-3,5,9-15H2,1H3,(H,32,33). The minimum absolute atomic E-state index is 0.100. The van der Waals surface area contributed by atoms with Crippen LogP contribution in [0, 0.1) is 5.41 Å². The van der Waals surface area contributed by atoms with Gasteiger partial charge in [-0.2, -0.15) is 0 Å². The Morgan fingerprint density at radius 2 is 2.11 bits per heavy atom. The first-order chi connectivity index (χ1) is 16.9. The number of pyridine rings is 1. The Labute approximate surface area is 214 Å². The highest BCUT2D eigenvalue weighted by atomic mass is 35.5. The molecule has 1 aliphatic rings. The number of methoxy groups -OCH3 is 1. The number of aryl methyl sites for hydroxylation is 1. The highest BCUT2D eigenvalue weighted by molar-refractivity contribution is 7.09. The van der Waals surface area contributed by atoms with Crippen molar-refractivity contribution >= 4 is 39.8 Å². The fourth-order valence-corrected chi connectivity index (χ4v) is 6.05. The molecule has 3 heterocycles. The molecule has 0 aliphatic carbocycles. The largest absolute Gasteiger partial charge is 0.497 e. The Kier molecular flexibility index (Phi) is 8.63. The van der Waals surface area contributed by atoms with Crippen LogP contribution in [0.25, 0.3) is 10.9 Å². The maximum Gasteiger partial charge on any atom is 0.309 e. The van der Waals surface area contributed by atoms with Crippen LogP contribution >= 0.6 is 22.9 Å². The number of aliphatic carboxylic acids is 1. The van der Waals surface area contributed by atoms with Crippen molar-refractivity contribution in [2.75, 3.05) is 26.7 Å². The molecular formula is C27H32ClFN2O3S. The summed E-state index contributed by atoms with van der Waals surface area (Å²) in [5, 5.41) is 13.0. The minimum atomic E-state index is -1.38. The maximum atomic E-state index is 15.6. The van der Waals surface area contributed by atoms with E-state index in [-0.39, 0.29) is 17.9 Å². The molecule has 188 valence electrons. The lowest BCUT2D eigenvalue weighted by Crippen LogP contribution is -2.44. The molecule has 2 aromatic heterocycles. The Balaban J connectivity index is 1.35. The van der Waals surface area contributed by atoms with E-state index in [2.05, 4.69) is 27.4 Å². The number of halogens is 2. The average Bonchev–Trinajstić information content (AvgIpc) is 3.39. The van der Waals surface area contributed by atoms with Gasteiger partial charge in [-0.05, 0) is 94.2 Å². The highest BCUT2D eigenvalue weighted by Gasteiger charge is 2.41. The Morgan fingerprint density at radius 3 is 2.80 bits per heavy atom. The fourth-order valence-electron chi connectivity index (χ4n) is 5.03. The van der Waals surface area contributed by atoms with Crippen LogP contribution in [0.3, 0.4) is 0 Å². The van der Waals surface area contributed by atoms with E-state index < -0.39 is 17.6 Å². The molecule has 0 radical (unpaired) electrons. The van der Waals surface area contributed by atoms with Gasteiger partial charge in [0.1, 0.15) is 11.9 Å². The van der Waals surface area contributed by atoms with Gasteiger partial charge in [-0.1, -0.05) is 17.7 Å². The molecule has 4 rings (SSSR count). The van der Waals surface area contributed by atoms with Crippen molar-refractivity contribution in [1.29, 1.82) is 0 Å². The summed E-state index contributed by atoms with van der Waals surface area (Å²) in [5.74, 6) is -0.228. The molecule has 5 nitrogen and oxygen atoms in total. The second kappa shape index (κ2) is 11.7. The van der Waals surface area contributed by atoms with Gasteiger partial charge in [-0.25, -0.2) is 4.39 Å². The van der Waals surface area contributed by atoms with E-state index in [1.165, 1.54) is 11.1 Å². The van der Waals surface area contributed by atoms with E-state index >= 15 is 4.39 Å². The lowest BCUT2D eigenvalue weighted by Gasteiger charge is -2.39. The summed E-state index contributed by atoms with van der Waals surface area (Å²) in [7, 11) is 1.55. The number of unbranched alkanes of at least 4 members (excludes halogenated alkanes) is 1. The molecule has 1 atom stereocenters. The number of fused-ring (bicyclic) bond motifs is 1. The SMILES string of the molecule is COc1ccc2ncc(Cl)c(C(F)CCC3(C(=O)O)CCN(CCCCc4cccs4)CC3)c2c1. The third-order valence-corrected chi connectivity index (χ3v) is 8.49. The van der Waals surface area contributed by atoms with Crippen LogP contribution in [0.15, 0.2) is 41.9 Å². The number of hydrogen-bond donors (Lipinski definition) is 1. The van der Waals surface area contributed by atoms with Crippen LogP contribution in [0.1, 0.15) is 55.1 Å². The molecule has 0 saturated carbocycles. The zero-order chi connectivity index (χ0) is 24.8. The van der Waals surface area contributed by atoms with Gasteiger partial charge in [0.25, 0.3) is 0 Å². The Hall–Kier alpha value is -2.22. The quantitative estimate of drug-likeness (QED) is 0.278. The molecule has 1 aliphatic heterocycles. The monoisotopic (exact) mass is 518 g/mol. The van der Waals surface area contributed by atoms with E-state index in [1.807, 2.05) is 0 Å². The van der Waals surface area contributed by atoms with Gasteiger partial charge in [0.2, 0.25) is 0 Å². The minimum Gasteiger partial charge on any atom is -0.497 e. The molecule has 1 N–H and O–H groups in total. The molecule has 35 heavy (non-hydrogen) atoms. The van der Waals surface area contributed by atoms with Crippen LogP contribution in [0.5, 0.6) is 5.75 Å². The van der Waals surface area contributed by atoms with E-state index in [0.717, 1.165) is 38.9 Å². The fraction of sp³-hybridized carbons (Fsp3) is 0.481. The second-order valence-electron chi connectivity index (χ2n) is 9.37. The van der Waals surface area contributed by atoms with Crippen molar-refractivity contribution in [3.63, 3.8) is 0 Å². The number of carboxylic acids is 1. The molecule has 1 saturated heterocycles. The molecule has 8 heteroatoms. The predicted octanol–water partition coefficient (Wildman–Crippen LogP) is 6.94. The van der Waals surface area contributed by atoms with Crippen molar-refractivity contribution in [1.82, 2.24) is 9.88 Å². The van der Waals surface area contributed by atoms with Crippen LogP contribution in [0.4, 0.5) is 4.39 Å². The number of alkyl halides is 1. The molecule has 1 aromatic carbocycles.